The number of carbonyl (C=O) groups excluding carboxylic acids is 2. The number of nitrogens with one attached hydrogen (secondary N) is 2. The topological polar surface area (TPSA) is 79.9 Å². The molecule has 0 bridgehead atoms. The maximum atomic E-state index is 13.4. The van der Waals surface area contributed by atoms with Crippen LogP contribution in [0.1, 0.15) is 33.6 Å². The summed E-state index contributed by atoms with van der Waals surface area (Å²) >= 11 is 5.61. The molecular weight excluding hydrogens is 389 g/mol. The number of rotatable bonds is 6. The number of hydrogen-bond donors (Lipinski definition) is 2. The van der Waals surface area contributed by atoms with Gasteiger partial charge >= 0.3 is 6.09 Å². The van der Waals surface area contributed by atoms with Gasteiger partial charge in [0.05, 0.1) is 5.02 Å². The molecule has 2 rings (SSSR count). The Morgan fingerprint density at radius 2 is 1.96 bits per heavy atom. The summed E-state index contributed by atoms with van der Waals surface area (Å²) in [6.07, 6.45) is 1.25. The van der Waals surface area contributed by atoms with Gasteiger partial charge in [0.15, 0.2) is 6.61 Å². The number of ether oxygens (including phenoxy) is 2. The highest BCUT2D eigenvalue weighted by molar-refractivity contribution is 6.30. The van der Waals surface area contributed by atoms with Crippen molar-refractivity contribution >= 4 is 23.6 Å². The van der Waals surface area contributed by atoms with Crippen LogP contribution in [-0.4, -0.2) is 48.9 Å². The van der Waals surface area contributed by atoms with Crippen LogP contribution in [0.5, 0.6) is 5.75 Å². The van der Waals surface area contributed by atoms with Crippen LogP contribution in [0.2, 0.25) is 5.02 Å². The number of carbonyl (C=O) groups is 2. The Hall–Kier alpha value is -2.06. The Morgan fingerprint density at radius 1 is 1.29 bits per heavy atom. The highest BCUT2D eigenvalue weighted by Crippen LogP contribution is 2.20. The first-order valence-corrected chi connectivity index (χ1v) is 9.59. The van der Waals surface area contributed by atoms with Crippen LogP contribution in [0.4, 0.5) is 9.18 Å². The van der Waals surface area contributed by atoms with Gasteiger partial charge in [-0.1, -0.05) is 11.6 Å². The van der Waals surface area contributed by atoms with Gasteiger partial charge in [0.1, 0.15) is 17.2 Å². The number of benzene rings is 1. The fourth-order valence-electron chi connectivity index (χ4n) is 2.71. The van der Waals surface area contributed by atoms with Crippen LogP contribution in [0.25, 0.3) is 0 Å². The Kier molecular flexibility index (Phi) is 7.88. The summed E-state index contributed by atoms with van der Waals surface area (Å²) in [7, 11) is 0. The monoisotopic (exact) mass is 415 g/mol. The standard InChI is InChI=1S/C19H27ClFN3O4/c1-19(2,3)28-18(26)22-11-13-6-8-24(9-7-13)23-17(25)12-27-14-4-5-15(20)16(21)10-14/h4-5,10,13H,6-9,11-12H2,1-3H3,(H,22,26)(H,23,25). The largest absolute Gasteiger partial charge is 0.484 e. The molecule has 1 aromatic carbocycles. The third-order valence-corrected chi connectivity index (χ3v) is 4.40. The first kappa shape index (κ1) is 22.2. The summed E-state index contributed by atoms with van der Waals surface area (Å²) < 4.78 is 23.8. The first-order chi connectivity index (χ1) is 13.1. The predicted octanol–water partition coefficient (Wildman–Crippen LogP) is 3.13. The van der Waals surface area contributed by atoms with Gasteiger partial charge in [0.25, 0.3) is 5.91 Å². The van der Waals surface area contributed by atoms with Gasteiger partial charge < -0.3 is 14.8 Å². The van der Waals surface area contributed by atoms with Crippen LogP contribution in [0, 0.1) is 11.7 Å². The lowest BCUT2D eigenvalue weighted by molar-refractivity contribution is -0.128. The number of piperidine rings is 1. The molecule has 1 fully saturated rings. The molecule has 2 amide bonds. The molecule has 1 aliphatic heterocycles. The lowest BCUT2D eigenvalue weighted by Crippen LogP contribution is -2.49. The molecular formula is C19H27ClFN3O4. The first-order valence-electron chi connectivity index (χ1n) is 9.21. The predicted molar refractivity (Wildman–Crippen MR) is 104 cm³/mol. The zero-order valence-electron chi connectivity index (χ0n) is 16.4. The molecule has 0 spiro atoms. The summed E-state index contributed by atoms with van der Waals surface area (Å²) in [5, 5.41) is 4.60. The van der Waals surface area contributed by atoms with E-state index in [1.54, 1.807) is 0 Å². The van der Waals surface area contributed by atoms with E-state index in [0.717, 1.165) is 18.9 Å². The summed E-state index contributed by atoms with van der Waals surface area (Å²) in [6.45, 7) is 7.12. The van der Waals surface area contributed by atoms with Gasteiger partial charge in [-0.15, -0.1) is 0 Å². The number of amides is 2. The molecule has 1 heterocycles. The van der Waals surface area contributed by atoms with Crippen molar-refractivity contribution in [2.75, 3.05) is 26.2 Å². The van der Waals surface area contributed by atoms with Crippen molar-refractivity contribution in [3.05, 3.63) is 29.0 Å². The number of hydrazine groups is 1. The average Bonchev–Trinajstić information content (AvgIpc) is 2.61. The Bertz CT molecular complexity index is 688. The van der Waals surface area contributed by atoms with Crippen molar-refractivity contribution in [1.82, 2.24) is 15.8 Å². The number of alkyl carbamates (subject to hydrolysis) is 1. The van der Waals surface area contributed by atoms with Crippen LogP contribution in [0.15, 0.2) is 18.2 Å². The minimum absolute atomic E-state index is 0.000769. The van der Waals surface area contributed by atoms with E-state index < -0.39 is 17.5 Å². The molecule has 1 aliphatic rings. The summed E-state index contributed by atoms with van der Waals surface area (Å²) in [5.74, 6) is -0.347. The highest BCUT2D eigenvalue weighted by atomic mass is 35.5. The Balaban J connectivity index is 1.64. The van der Waals surface area contributed by atoms with Crippen LogP contribution >= 0.6 is 11.6 Å². The second-order valence-corrected chi connectivity index (χ2v) is 8.12. The molecule has 0 aliphatic carbocycles. The number of halogens is 2. The van der Waals surface area contributed by atoms with E-state index >= 15 is 0 Å². The van der Waals surface area contributed by atoms with E-state index in [-0.39, 0.29) is 23.3 Å². The smallest absolute Gasteiger partial charge is 0.407 e. The molecule has 9 heteroatoms. The third-order valence-electron chi connectivity index (χ3n) is 4.09. The Labute approximate surface area is 169 Å². The van der Waals surface area contributed by atoms with E-state index in [1.807, 2.05) is 25.8 Å². The van der Waals surface area contributed by atoms with E-state index in [1.165, 1.54) is 12.1 Å². The second kappa shape index (κ2) is 9.93. The van der Waals surface area contributed by atoms with Gasteiger partial charge in [-0.25, -0.2) is 14.2 Å². The van der Waals surface area contributed by atoms with Crippen molar-refractivity contribution in [3.63, 3.8) is 0 Å². The molecule has 0 saturated carbocycles. The maximum Gasteiger partial charge on any atom is 0.407 e. The molecule has 0 aromatic heterocycles. The molecule has 2 N–H and O–H groups in total. The van der Waals surface area contributed by atoms with Crippen molar-refractivity contribution in [2.45, 2.75) is 39.2 Å². The zero-order valence-corrected chi connectivity index (χ0v) is 17.1. The molecule has 1 saturated heterocycles. The second-order valence-electron chi connectivity index (χ2n) is 7.71. The lowest BCUT2D eigenvalue weighted by Gasteiger charge is -2.32. The normalized spacial score (nSPS) is 15.8. The number of hydrogen-bond acceptors (Lipinski definition) is 5. The molecule has 1 aromatic rings. The quantitative estimate of drug-likeness (QED) is 0.746. The van der Waals surface area contributed by atoms with Gasteiger partial charge in [0, 0.05) is 25.7 Å². The van der Waals surface area contributed by atoms with Crippen molar-refractivity contribution < 1.29 is 23.5 Å². The van der Waals surface area contributed by atoms with E-state index in [9.17, 15) is 14.0 Å². The Morgan fingerprint density at radius 3 is 2.57 bits per heavy atom. The average molecular weight is 416 g/mol. The SMILES string of the molecule is CC(C)(C)OC(=O)NCC1CCN(NC(=O)COc2ccc(Cl)c(F)c2)CC1. The third kappa shape index (κ3) is 7.90. The summed E-state index contributed by atoms with van der Waals surface area (Å²) in [6, 6.07) is 4.01. The van der Waals surface area contributed by atoms with Gasteiger partial charge in [-0.05, 0) is 51.7 Å². The van der Waals surface area contributed by atoms with E-state index in [0.29, 0.717) is 25.6 Å². The fourth-order valence-corrected chi connectivity index (χ4v) is 2.83. The van der Waals surface area contributed by atoms with Gasteiger partial charge in [-0.3, -0.25) is 10.2 Å². The van der Waals surface area contributed by atoms with Crippen molar-refractivity contribution in [1.29, 1.82) is 0 Å². The van der Waals surface area contributed by atoms with Gasteiger partial charge in [-0.2, -0.15) is 0 Å². The maximum absolute atomic E-state index is 13.4. The van der Waals surface area contributed by atoms with Gasteiger partial charge in [0.2, 0.25) is 0 Å². The van der Waals surface area contributed by atoms with E-state index in [2.05, 4.69) is 10.7 Å². The molecule has 0 unspecified atom stereocenters. The number of nitrogens with zero attached hydrogens (tertiary/aromatic N) is 1. The molecule has 0 atom stereocenters. The molecule has 7 nitrogen and oxygen atoms in total. The van der Waals surface area contributed by atoms with Crippen molar-refractivity contribution in [3.8, 4) is 5.75 Å². The van der Waals surface area contributed by atoms with Crippen molar-refractivity contribution in [2.24, 2.45) is 5.92 Å². The summed E-state index contributed by atoms with van der Waals surface area (Å²) in [5.41, 5.74) is 2.25. The molecule has 0 radical (unpaired) electrons. The van der Waals surface area contributed by atoms with Crippen LogP contribution in [0.3, 0.4) is 0 Å². The lowest BCUT2D eigenvalue weighted by atomic mass is 9.98. The minimum atomic E-state index is -0.596. The van der Waals surface area contributed by atoms with Crippen LogP contribution in [-0.2, 0) is 9.53 Å². The highest BCUT2D eigenvalue weighted by Gasteiger charge is 2.22. The van der Waals surface area contributed by atoms with E-state index in [4.69, 9.17) is 21.1 Å². The zero-order chi connectivity index (χ0) is 20.7. The van der Waals surface area contributed by atoms with Crippen LogP contribution < -0.4 is 15.5 Å². The molecule has 156 valence electrons. The molecule has 28 heavy (non-hydrogen) atoms. The fraction of sp³-hybridized carbons (Fsp3) is 0.579. The summed E-state index contributed by atoms with van der Waals surface area (Å²) in [4.78, 5) is 23.7. The minimum Gasteiger partial charge on any atom is -0.484 e.